The predicted octanol–water partition coefficient (Wildman–Crippen LogP) is 3.10. The number of aromatic nitrogens is 1. The molecule has 150 valence electrons. The molecular weight excluding hydrogens is 388 g/mol. The van der Waals surface area contributed by atoms with Gasteiger partial charge in [0.1, 0.15) is 11.9 Å². The van der Waals surface area contributed by atoms with Crippen molar-refractivity contribution in [1.82, 2.24) is 8.87 Å². The quantitative estimate of drug-likeness (QED) is 0.648. The van der Waals surface area contributed by atoms with Gasteiger partial charge in [-0.1, -0.05) is 36.4 Å². The Morgan fingerprint density at radius 2 is 1.72 bits per heavy atom. The second-order valence-corrected chi connectivity index (χ2v) is 9.72. The average Bonchev–Trinajstić information content (AvgIpc) is 3.48. The first kappa shape index (κ1) is 18.4. The van der Waals surface area contributed by atoms with Crippen molar-refractivity contribution < 1.29 is 13.2 Å². The van der Waals surface area contributed by atoms with Crippen LogP contribution in [-0.4, -0.2) is 36.5 Å². The molecule has 6 nitrogen and oxygen atoms in total. The fraction of sp³-hybridized carbons (Fsp3) is 0.318. The summed E-state index contributed by atoms with van der Waals surface area (Å²) in [4.78, 5) is 12.7. The summed E-state index contributed by atoms with van der Waals surface area (Å²) in [6.07, 6.45) is 1.84. The number of pyridine rings is 1. The lowest BCUT2D eigenvalue weighted by molar-refractivity contribution is 0.0759. The number of fused-ring (bicyclic) bond motifs is 1. The van der Waals surface area contributed by atoms with Gasteiger partial charge in [-0.2, -0.15) is 4.31 Å². The number of nitrogens with zero attached hydrogens (tertiary/aromatic N) is 2. The summed E-state index contributed by atoms with van der Waals surface area (Å²) in [6.45, 7) is 2.46. The Labute approximate surface area is 169 Å². The molecule has 29 heavy (non-hydrogen) atoms. The normalized spacial score (nSPS) is 18.0. The van der Waals surface area contributed by atoms with Crippen molar-refractivity contribution in [2.24, 2.45) is 0 Å². The summed E-state index contributed by atoms with van der Waals surface area (Å²) in [5.41, 5.74) is 0.830. The average molecular weight is 410 g/mol. The van der Waals surface area contributed by atoms with Crippen LogP contribution in [0.1, 0.15) is 24.6 Å². The third kappa shape index (κ3) is 3.24. The first-order valence-electron chi connectivity index (χ1n) is 9.81. The highest BCUT2D eigenvalue weighted by Crippen LogP contribution is 2.35. The summed E-state index contributed by atoms with van der Waals surface area (Å²) in [5.74, 6) is 0.511. The minimum Gasteiger partial charge on any atom is -0.487 e. The van der Waals surface area contributed by atoms with Crippen molar-refractivity contribution in [2.75, 3.05) is 13.1 Å². The van der Waals surface area contributed by atoms with Gasteiger partial charge in [-0.05, 0) is 37.3 Å². The Morgan fingerprint density at radius 1 is 1.00 bits per heavy atom. The van der Waals surface area contributed by atoms with Crippen LogP contribution in [0.2, 0.25) is 0 Å². The highest BCUT2D eigenvalue weighted by molar-refractivity contribution is 7.89. The van der Waals surface area contributed by atoms with Gasteiger partial charge in [-0.3, -0.25) is 4.79 Å². The zero-order valence-corrected chi connectivity index (χ0v) is 16.9. The van der Waals surface area contributed by atoms with Gasteiger partial charge in [0.2, 0.25) is 10.0 Å². The Bertz CT molecular complexity index is 1250. The van der Waals surface area contributed by atoms with Crippen LogP contribution in [0.5, 0.6) is 5.75 Å². The summed E-state index contributed by atoms with van der Waals surface area (Å²) >= 11 is 0. The van der Waals surface area contributed by atoms with Gasteiger partial charge in [-0.25, -0.2) is 8.42 Å². The Morgan fingerprint density at radius 3 is 2.45 bits per heavy atom. The first-order valence-corrected chi connectivity index (χ1v) is 11.3. The van der Waals surface area contributed by atoms with Crippen LogP contribution >= 0.6 is 0 Å². The second kappa shape index (κ2) is 6.71. The van der Waals surface area contributed by atoms with Gasteiger partial charge in [0, 0.05) is 23.2 Å². The molecule has 0 amide bonds. The number of sulfonamides is 1. The molecule has 5 rings (SSSR count). The number of hydrogen-bond donors (Lipinski definition) is 0. The fourth-order valence-corrected chi connectivity index (χ4v) is 5.69. The van der Waals surface area contributed by atoms with Crippen LogP contribution in [-0.2, 0) is 10.0 Å². The zero-order chi connectivity index (χ0) is 20.2. The monoisotopic (exact) mass is 410 g/mol. The molecule has 0 bridgehead atoms. The van der Waals surface area contributed by atoms with E-state index in [4.69, 9.17) is 4.74 Å². The van der Waals surface area contributed by atoms with E-state index in [2.05, 4.69) is 0 Å². The number of rotatable bonds is 5. The minimum atomic E-state index is -3.59. The maximum absolute atomic E-state index is 13.1. The molecule has 0 radical (unpaired) electrons. The van der Waals surface area contributed by atoms with E-state index >= 15 is 0 Å². The van der Waals surface area contributed by atoms with E-state index in [9.17, 15) is 13.2 Å². The van der Waals surface area contributed by atoms with E-state index < -0.39 is 10.0 Å². The molecule has 1 aromatic heterocycles. The molecule has 0 atom stereocenters. The molecule has 1 saturated carbocycles. The van der Waals surface area contributed by atoms with Gasteiger partial charge < -0.3 is 9.30 Å². The molecule has 0 spiro atoms. The standard InChI is InChI=1S/C22H22N2O4S/c1-15-11-18(12-22(25)24(15)17-9-10-17)28-19-13-23(14-19)29(26,27)21-8-4-6-16-5-2-3-7-20(16)21/h2-8,11-12,17,19H,9-10,13-14H2,1H3. The first-order chi connectivity index (χ1) is 13.9. The molecule has 2 aliphatic rings. The predicted molar refractivity (Wildman–Crippen MR) is 111 cm³/mol. The van der Waals surface area contributed by atoms with E-state index in [1.165, 1.54) is 10.4 Å². The zero-order valence-electron chi connectivity index (χ0n) is 16.1. The molecule has 1 saturated heterocycles. The van der Waals surface area contributed by atoms with Gasteiger partial charge in [0.05, 0.1) is 18.0 Å². The van der Waals surface area contributed by atoms with Gasteiger partial charge in [-0.15, -0.1) is 0 Å². The molecule has 2 heterocycles. The van der Waals surface area contributed by atoms with E-state index in [1.54, 1.807) is 12.1 Å². The summed E-state index contributed by atoms with van der Waals surface area (Å²) in [6, 6.07) is 16.5. The lowest BCUT2D eigenvalue weighted by Crippen LogP contribution is -2.56. The van der Waals surface area contributed by atoms with E-state index in [1.807, 2.05) is 47.9 Å². The summed E-state index contributed by atoms with van der Waals surface area (Å²) in [7, 11) is -3.59. The molecule has 1 aliphatic carbocycles. The second-order valence-electron chi connectivity index (χ2n) is 7.81. The third-order valence-corrected chi connectivity index (χ3v) is 7.52. The topological polar surface area (TPSA) is 68.6 Å². The highest BCUT2D eigenvalue weighted by Gasteiger charge is 2.39. The lowest BCUT2D eigenvalue weighted by Gasteiger charge is -2.38. The molecule has 2 fully saturated rings. The Kier molecular flexibility index (Phi) is 4.26. The van der Waals surface area contributed by atoms with Crippen LogP contribution in [0, 0.1) is 6.92 Å². The van der Waals surface area contributed by atoms with Crippen molar-refractivity contribution in [3.8, 4) is 5.75 Å². The van der Waals surface area contributed by atoms with E-state index in [-0.39, 0.29) is 24.8 Å². The smallest absolute Gasteiger partial charge is 0.254 e. The van der Waals surface area contributed by atoms with Crippen molar-refractivity contribution in [1.29, 1.82) is 0 Å². The number of ether oxygens (including phenoxy) is 1. The van der Waals surface area contributed by atoms with Crippen molar-refractivity contribution in [3.63, 3.8) is 0 Å². The van der Waals surface area contributed by atoms with E-state index in [0.29, 0.717) is 16.7 Å². The van der Waals surface area contributed by atoms with Crippen LogP contribution in [0.3, 0.4) is 0 Å². The Hall–Kier alpha value is -2.64. The van der Waals surface area contributed by atoms with Crippen LogP contribution in [0.15, 0.2) is 64.3 Å². The Balaban J connectivity index is 1.32. The maximum atomic E-state index is 13.1. The minimum absolute atomic E-state index is 0.0537. The van der Waals surface area contributed by atoms with Gasteiger partial charge >= 0.3 is 0 Å². The van der Waals surface area contributed by atoms with Crippen LogP contribution in [0.4, 0.5) is 0 Å². The number of benzene rings is 2. The largest absolute Gasteiger partial charge is 0.487 e. The van der Waals surface area contributed by atoms with Crippen LogP contribution < -0.4 is 10.3 Å². The highest BCUT2D eigenvalue weighted by atomic mass is 32.2. The molecule has 3 aromatic rings. The SMILES string of the molecule is Cc1cc(OC2CN(S(=O)(=O)c3cccc4ccccc34)C2)cc(=O)n1C1CC1. The van der Waals surface area contributed by atoms with Gasteiger partial charge in [0.15, 0.2) is 0 Å². The van der Waals surface area contributed by atoms with E-state index in [0.717, 1.165) is 29.3 Å². The molecule has 2 aromatic carbocycles. The molecule has 0 N–H and O–H groups in total. The fourth-order valence-electron chi connectivity index (χ4n) is 3.97. The molecule has 7 heteroatoms. The summed E-state index contributed by atoms with van der Waals surface area (Å²) in [5, 5.41) is 1.62. The van der Waals surface area contributed by atoms with Gasteiger partial charge in [0.25, 0.3) is 5.56 Å². The maximum Gasteiger partial charge on any atom is 0.254 e. The molecule has 1 aliphatic heterocycles. The number of hydrogen-bond acceptors (Lipinski definition) is 4. The number of aryl methyl sites for hydroxylation is 1. The molecular formula is C22H22N2O4S. The summed E-state index contributed by atoms with van der Waals surface area (Å²) < 4.78 is 35.3. The third-order valence-electron chi connectivity index (χ3n) is 5.63. The lowest BCUT2D eigenvalue weighted by atomic mass is 10.1. The molecule has 0 unspecified atom stereocenters. The van der Waals surface area contributed by atoms with Crippen LogP contribution in [0.25, 0.3) is 10.8 Å². The van der Waals surface area contributed by atoms with Crippen molar-refractivity contribution in [2.45, 2.75) is 36.8 Å². The van der Waals surface area contributed by atoms with Crippen molar-refractivity contribution >= 4 is 20.8 Å². The van der Waals surface area contributed by atoms with Crippen molar-refractivity contribution in [3.05, 3.63) is 70.6 Å².